The second kappa shape index (κ2) is 13.9. The number of hydrogen-bond donors (Lipinski definition) is 4. The number of rotatable bonds is 4. The van der Waals surface area contributed by atoms with Crippen molar-refractivity contribution in [2.24, 2.45) is 0 Å². The molecule has 8 aromatic carbocycles. The number of para-hydroxylation sites is 1. The summed E-state index contributed by atoms with van der Waals surface area (Å²) in [5.41, 5.74) is 6.92. The molecule has 0 bridgehead atoms. The number of aromatic hydroxyl groups is 4. The molecule has 0 fully saturated rings. The Labute approximate surface area is 370 Å². The van der Waals surface area contributed by atoms with Crippen molar-refractivity contribution in [1.82, 2.24) is 15.0 Å². The SMILES string of the molecule is [B]c1c(C2=c3oc4ccccc4c3=CCC2)c(C)c(O)c2sc3c(O)c(-c4nc(-c5cc(C)cc(C)c5)nc(-c5ccc6c7ccccc7c7ccccc7c6c5)n4)c(O)c(O)c3c12. The van der Waals surface area contributed by atoms with Gasteiger partial charge in [-0.3, -0.25) is 0 Å². The van der Waals surface area contributed by atoms with Crippen LogP contribution in [0.15, 0.2) is 114 Å². The summed E-state index contributed by atoms with van der Waals surface area (Å²) in [6, 6.07) is 36.7. The number of aromatic nitrogens is 3. The molecular formula is C54H36BN3O5S. The van der Waals surface area contributed by atoms with Gasteiger partial charge in [0.05, 0.1) is 9.40 Å². The Bertz CT molecular complexity index is 3970. The minimum Gasteiger partial charge on any atom is -0.506 e. The molecule has 10 heteroatoms. The van der Waals surface area contributed by atoms with Gasteiger partial charge in [0, 0.05) is 38.1 Å². The molecule has 0 aliphatic heterocycles. The zero-order valence-corrected chi connectivity index (χ0v) is 35.7. The van der Waals surface area contributed by atoms with Gasteiger partial charge in [0.15, 0.2) is 29.0 Å². The van der Waals surface area contributed by atoms with E-state index in [9.17, 15) is 20.4 Å². The molecule has 3 aromatic heterocycles. The summed E-state index contributed by atoms with van der Waals surface area (Å²) in [4.78, 5) is 14.8. The lowest BCUT2D eigenvalue weighted by Gasteiger charge is -2.18. The average molecular weight is 850 g/mol. The summed E-state index contributed by atoms with van der Waals surface area (Å²) in [5.74, 6) is -1.00. The number of phenols is 4. The first-order valence-electron chi connectivity index (χ1n) is 21.1. The lowest BCUT2D eigenvalue weighted by Crippen LogP contribution is -2.29. The van der Waals surface area contributed by atoms with Gasteiger partial charge in [-0.15, -0.1) is 11.3 Å². The summed E-state index contributed by atoms with van der Waals surface area (Å²) in [6.45, 7) is 5.80. The van der Waals surface area contributed by atoms with Crippen molar-refractivity contribution in [3.05, 3.63) is 142 Å². The molecule has 1 aliphatic rings. The van der Waals surface area contributed by atoms with Crippen LogP contribution in [0, 0.1) is 20.8 Å². The Morgan fingerprint density at radius 1 is 0.547 bits per heavy atom. The maximum atomic E-state index is 12.4. The third-order valence-electron chi connectivity index (χ3n) is 12.8. The lowest BCUT2D eigenvalue weighted by molar-refractivity contribution is 0.404. The highest BCUT2D eigenvalue weighted by molar-refractivity contribution is 7.27. The minimum absolute atomic E-state index is 0.0453. The van der Waals surface area contributed by atoms with E-state index in [0.717, 1.165) is 88.5 Å². The van der Waals surface area contributed by atoms with Crippen LogP contribution >= 0.6 is 11.3 Å². The van der Waals surface area contributed by atoms with Gasteiger partial charge in [-0.1, -0.05) is 108 Å². The average Bonchev–Trinajstić information content (AvgIpc) is 3.91. The van der Waals surface area contributed by atoms with E-state index in [1.807, 2.05) is 74.5 Å². The molecule has 0 saturated carbocycles. The van der Waals surface area contributed by atoms with Crippen molar-refractivity contribution in [3.8, 4) is 57.2 Å². The zero-order valence-electron chi connectivity index (χ0n) is 34.9. The van der Waals surface area contributed by atoms with E-state index in [4.69, 9.17) is 27.2 Å². The van der Waals surface area contributed by atoms with E-state index in [2.05, 4.69) is 54.6 Å². The number of hydrogen-bond acceptors (Lipinski definition) is 9. The molecule has 0 atom stereocenters. The summed E-state index contributed by atoms with van der Waals surface area (Å²) < 4.78 is 6.97. The summed E-state index contributed by atoms with van der Waals surface area (Å²) >= 11 is 1.07. The van der Waals surface area contributed by atoms with E-state index in [-0.39, 0.29) is 38.4 Å². The van der Waals surface area contributed by atoms with Crippen molar-refractivity contribution in [2.45, 2.75) is 33.6 Å². The predicted octanol–water partition coefficient (Wildman–Crippen LogP) is 10.8. The second-order valence-electron chi connectivity index (χ2n) is 16.8. The zero-order chi connectivity index (χ0) is 43.7. The number of furan rings is 1. The maximum Gasteiger partial charge on any atom is 0.173 e. The van der Waals surface area contributed by atoms with Gasteiger partial charge >= 0.3 is 0 Å². The van der Waals surface area contributed by atoms with Crippen LogP contribution in [0.2, 0.25) is 0 Å². The first kappa shape index (κ1) is 38.0. The fourth-order valence-corrected chi connectivity index (χ4v) is 11.3. The van der Waals surface area contributed by atoms with Gasteiger partial charge in [-0.05, 0) is 101 Å². The van der Waals surface area contributed by atoms with Crippen LogP contribution < -0.4 is 16.1 Å². The van der Waals surface area contributed by atoms with Crippen molar-refractivity contribution < 1.29 is 24.8 Å². The monoisotopic (exact) mass is 849 g/mol. The largest absolute Gasteiger partial charge is 0.506 e. The van der Waals surface area contributed by atoms with Gasteiger partial charge in [-0.2, -0.15) is 0 Å². The van der Waals surface area contributed by atoms with E-state index in [0.29, 0.717) is 50.3 Å². The normalized spacial score (nSPS) is 12.9. The van der Waals surface area contributed by atoms with Gasteiger partial charge < -0.3 is 24.8 Å². The highest BCUT2D eigenvalue weighted by atomic mass is 32.1. The van der Waals surface area contributed by atoms with Crippen LogP contribution in [-0.4, -0.2) is 43.2 Å². The molecular weight excluding hydrogens is 813 g/mol. The molecule has 4 N–H and O–H groups in total. The number of phenolic OH excluding ortho intramolecular Hbond substituents is 4. The second-order valence-corrected chi connectivity index (χ2v) is 17.8. The molecule has 0 amide bonds. The Morgan fingerprint density at radius 2 is 1.12 bits per heavy atom. The van der Waals surface area contributed by atoms with Crippen LogP contribution in [0.5, 0.6) is 23.0 Å². The van der Waals surface area contributed by atoms with Crippen molar-refractivity contribution in [1.29, 1.82) is 0 Å². The van der Waals surface area contributed by atoms with Gasteiger partial charge in [0.25, 0.3) is 0 Å². The standard InChI is InChI=1S/C54H36BN3O5S/c1-25-21-26(2)23-29(22-25)53-56-52(28-19-20-34-32-13-5-4-11-30(32)31-12-6-7-14-33(31)38(34)24-28)57-54(58-53)43-47(61)46(60)42-41-44(55)40(27(3)45(59)50(41)64-51(42)48(43)62)37-17-10-16-36-35-15-8-9-18-39(35)63-49(36)37/h4-9,11-16,18-24,59-62H,10,17H2,1-3H3. The number of thiophene rings is 1. The number of benzene rings is 8. The van der Waals surface area contributed by atoms with E-state index < -0.39 is 11.5 Å². The lowest BCUT2D eigenvalue weighted by atomic mass is 9.78. The molecule has 8 nitrogen and oxygen atoms in total. The molecule has 0 spiro atoms. The Balaban J connectivity index is 1.11. The molecule has 3 heterocycles. The Kier molecular flexibility index (Phi) is 8.26. The number of nitrogens with zero attached hydrogens (tertiary/aromatic N) is 3. The summed E-state index contributed by atoms with van der Waals surface area (Å²) in [6.07, 6.45) is 3.49. The minimum atomic E-state index is -0.635. The molecule has 1 aliphatic carbocycles. The molecule has 64 heavy (non-hydrogen) atoms. The fraction of sp³-hybridized carbons (Fsp3) is 0.0926. The number of aryl methyl sites for hydroxylation is 2. The van der Waals surface area contributed by atoms with E-state index in [1.54, 1.807) is 6.92 Å². The van der Waals surface area contributed by atoms with Crippen LogP contribution in [0.3, 0.4) is 0 Å². The van der Waals surface area contributed by atoms with E-state index >= 15 is 0 Å². The highest BCUT2D eigenvalue weighted by Gasteiger charge is 2.30. The van der Waals surface area contributed by atoms with Crippen molar-refractivity contribution in [2.75, 3.05) is 0 Å². The Hall–Kier alpha value is -7.69. The highest BCUT2D eigenvalue weighted by Crippen LogP contribution is 2.55. The molecule has 2 radical (unpaired) electrons. The van der Waals surface area contributed by atoms with Gasteiger partial charge in [-0.25, -0.2) is 15.0 Å². The van der Waals surface area contributed by atoms with E-state index in [1.165, 1.54) is 0 Å². The van der Waals surface area contributed by atoms with Crippen molar-refractivity contribution >= 4 is 99.8 Å². The Morgan fingerprint density at radius 3 is 1.81 bits per heavy atom. The third kappa shape index (κ3) is 5.45. The quantitative estimate of drug-likeness (QED) is 0.0596. The first-order chi connectivity index (χ1) is 31.0. The topological polar surface area (TPSA) is 133 Å². The first-order valence-corrected chi connectivity index (χ1v) is 21.9. The number of fused-ring (bicyclic) bond motifs is 12. The smallest absolute Gasteiger partial charge is 0.173 e. The third-order valence-corrected chi connectivity index (χ3v) is 14.0. The summed E-state index contributed by atoms with van der Waals surface area (Å²) in [7, 11) is 7.11. The molecule has 306 valence electrons. The predicted molar refractivity (Wildman–Crippen MR) is 259 cm³/mol. The molecule has 0 saturated heterocycles. The summed E-state index contributed by atoms with van der Waals surface area (Å²) in [5, 5.41) is 57.5. The van der Waals surface area contributed by atoms with Gasteiger partial charge in [0.2, 0.25) is 0 Å². The maximum absolute atomic E-state index is 12.4. The fourth-order valence-electron chi connectivity index (χ4n) is 10.0. The van der Waals surface area contributed by atoms with Crippen LogP contribution in [-0.2, 0) is 0 Å². The van der Waals surface area contributed by atoms with Crippen molar-refractivity contribution in [3.63, 3.8) is 0 Å². The van der Waals surface area contributed by atoms with Crippen LogP contribution in [0.4, 0.5) is 0 Å². The van der Waals surface area contributed by atoms with Gasteiger partial charge in [0.1, 0.15) is 35.9 Å². The molecule has 11 aromatic rings. The van der Waals surface area contributed by atoms with Crippen LogP contribution in [0.25, 0.3) is 109 Å². The van der Waals surface area contributed by atoms with Crippen LogP contribution in [0.1, 0.15) is 35.1 Å². The molecule has 12 rings (SSSR count). The molecule has 0 unspecified atom stereocenters.